The van der Waals surface area contributed by atoms with E-state index in [-0.39, 0.29) is 50.0 Å². The van der Waals surface area contributed by atoms with Gasteiger partial charge < -0.3 is 20.8 Å². The molecule has 4 rings (SSSR count). The van der Waals surface area contributed by atoms with Crippen molar-refractivity contribution in [3.8, 4) is 0 Å². The van der Waals surface area contributed by atoms with Gasteiger partial charge >= 0.3 is 11.9 Å². The van der Waals surface area contributed by atoms with E-state index < -0.39 is 23.6 Å². The van der Waals surface area contributed by atoms with Crippen LogP contribution in [0.5, 0.6) is 0 Å². The molecule has 2 aromatic heterocycles. The third kappa shape index (κ3) is 8.00. The van der Waals surface area contributed by atoms with Gasteiger partial charge in [0.1, 0.15) is 21.6 Å². The molecule has 238 valence electrons. The summed E-state index contributed by atoms with van der Waals surface area (Å²) in [6.45, 7) is 11.8. The fourth-order valence-corrected chi connectivity index (χ4v) is 7.09. The normalized spacial score (nSPS) is 10.7. The lowest BCUT2D eigenvalue weighted by atomic mass is 9.97. The molecule has 8 nitrogen and oxygen atoms in total. The van der Waals surface area contributed by atoms with Crippen molar-refractivity contribution in [1.82, 2.24) is 0 Å². The molecule has 0 aliphatic rings. The van der Waals surface area contributed by atoms with Gasteiger partial charge in [-0.1, -0.05) is 32.9 Å². The summed E-state index contributed by atoms with van der Waals surface area (Å²) in [4.78, 5) is 47.5. The molecule has 0 fully saturated rings. The number of halogens is 2. The summed E-state index contributed by atoms with van der Waals surface area (Å²) >= 11 is 2.10. The average molecular weight is 657 g/mol. The summed E-state index contributed by atoms with van der Waals surface area (Å²) in [6, 6.07) is 9.29. The van der Waals surface area contributed by atoms with Crippen LogP contribution in [-0.4, -0.2) is 33.7 Å². The van der Waals surface area contributed by atoms with Gasteiger partial charge in [-0.15, -0.1) is 22.7 Å². The molecule has 45 heavy (non-hydrogen) atoms. The quantitative estimate of drug-likeness (QED) is 0.124. The Kier molecular flexibility index (Phi) is 11.4. The summed E-state index contributed by atoms with van der Waals surface area (Å²) in [5.41, 5.74) is 2.96. The van der Waals surface area contributed by atoms with Crippen molar-refractivity contribution in [3.05, 3.63) is 91.2 Å². The predicted molar refractivity (Wildman–Crippen MR) is 175 cm³/mol. The van der Waals surface area contributed by atoms with Gasteiger partial charge in [0.2, 0.25) is 0 Å². The number of thiophene rings is 2. The number of nitrogens with one attached hydrogen (secondary N) is 2. The molecule has 0 saturated carbocycles. The first-order chi connectivity index (χ1) is 21.1. The molecule has 0 amide bonds. The van der Waals surface area contributed by atoms with E-state index >= 15 is 0 Å². The summed E-state index contributed by atoms with van der Waals surface area (Å²) < 4.78 is 28.0. The van der Waals surface area contributed by atoms with E-state index in [0.717, 1.165) is 33.8 Å². The maximum Gasteiger partial charge on any atom is 0.339 e. The van der Waals surface area contributed by atoms with Gasteiger partial charge in [-0.2, -0.15) is 0 Å². The summed E-state index contributed by atoms with van der Waals surface area (Å²) in [7, 11) is 0. The van der Waals surface area contributed by atoms with Gasteiger partial charge in [-0.3, -0.25) is 9.59 Å². The minimum absolute atomic E-state index is 0.0372. The Hall–Kier alpha value is -4.42. The van der Waals surface area contributed by atoms with E-state index in [1.807, 2.05) is 13.8 Å². The van der Waals surface area contributed by atoms with Crippen molar-refractivity contribution >= 4 is 67.6 Å². The predicted octanol–water partition coefficient (Wildman–Crippen LogP) is 9.37. The largest absolute Gasteiger partial charge is 0.478 e. The molecule has 0 aliphatic heterocycles. The minimum atomic E-state index is -1.13. The van der Waals surface area contributed by atoms with Crippen molar-refractivity contribution < 1.29 is 38.2 Å². The van der Waals surface area contributed by atoms with E-state index in [2.05, 4.69) is 10.6 Å². The lowest BCUT2D eigenvalue weighted by Gasteiger charge is -2.10. The first kappa shape index (κ1) is 35.1. The number of benzene rings is 2. The Morgan fingerprint density at radius 1 is 0.756 bits per heavy atom. The molecule has 0 bridgehead atoms. The van der Waals surface area contributed by atoms with Crippen molar-refractivity contribution in [2.75, 3.05) is 10.6 Å². The molecule has 0 aliphatic carbocycles. The number of aryl methyl sites for hydroxylation is 2. The molecule has 4 aromatic rings. The third-order valence-electron chi connectivity index (χ3n) is 6.70. The fourth-order valence-electron chi connectivity index (χ4n) is 4.65. The van der Waals surface area contributed by atoms with Gasteiger partial charge in [0, 0.05) is 0 Å². The Balaban J connectivity index is 0.000000246. The number of carboxylic acids is 2. The molecule has 2 heterocycles. The van der Waals surface area contributed by atoms with Crippen LogP contribution >= 0.6 is 22.7 Å². The lowest BCUT2D eigenvalue weighted by molar-refractivity contribution is 0.0686. The molecule has 0 radical (unpaired) electrons. The highest BCUT2D eigenvalue weighted by Crippen LogP contribution is 2.40. The molecule has 12 heteroatoms. The maximum atomic E-state index is 14.0. The van der Waals surface area contributed by atoms with Crippen LogP contribution in [0.2, 0.25) is 0 Å². The van der Waals surface area contributed by atoms with Crippen molar-refractivity contribution in [3.63, 3.8) is 0 Å². The van der Waals surface area contributed by atoms with Crippen LogP contribution in [0.25, 0.3) is 0 Å². The SMILES string of the molecule is CC(=O)c1sc(Nc2ccc(C)cc2F)c(C(=O)O)c1C(C)C.CCc1c(C(C)=O)sc(Nc2ccc(C)cc2F)c1C(=O)O. The summed E-state index contributed by atoms with van der Waals surface area (Å²) in [6.07, 6.45) is 0.422. The van der Waals surface area contributed by atoms with Gasteiger partial charge in [0.25, 0.3) is 0 Å². The highest BCUT2D eigenvalue weighted by Gasteiger charge is 2.28. The Labute approximate surface area is 267 Å². The van der Waals surface area contributed by atoms with Gasteiger partial charge in [-0.05, 0) is 86.6 Å². The number of hydrogen-bond acceptors (Lipinski definition) is 8. The van der Waals surface area contributed by atoms with Gasteiger partial charge in [0.05, 0.1) is 32.3 Å². The van der Waals surface area contributed by atoms with Crippen LogP contribution in [0, 0.1) is 25.5 Å². The number of carbonyl (C=O) groups excluding carboxylic acids is 2. The zero-order valence-electron chi connectivity index (χ0n) is 25.8. The number of carbonyl (C=O) groups is 4. The van der Waals surface area contributed by atoms with Crippen molar-refractivity contribution in [2.45, 2.75) is 60.8 Å². The number of carboxylic acid groups (broad SMARTS) is 2. The Morgan fingerprint density at radius 3 is 1.53 bits per heavy atom. The fraction of sp³-hybridized carbons (Fsp3) is 0.273. The van der Waals surface area contributed by atoms with Gasteiger partial charge in [-0.25, -0.2) is 18.4 Å². The summed E-state index contributed by atoms with van der Waals surface area (Å²) in [5, 5.41) is 25.2. The van der Waals surface area contributed by atoms with Crippen LogP contribution in [0.15, 0.2) is 36.4 Å². The highest BCUT2D eigenvalue weighted by molar-refractivity contribution is 7.19. The smallest absolute Gasteiger partial charge is 0.339 e. The number of rotatable bonds is 10. The van der Waals surface area contributed by atoms with E-state index in [4.69, 9.17) is 0 Å². The van der Waals surface area contributed by atoms with Crippen LogP contribution in [-0.2, 0) is 6.42 Å². The van der Waals surface area contributed by atoms with Crippen LogP contribution in [0.4, 0.5) is 30.2 Å². The lowest BCUT2D eigenvalue weighted by Crippen LogP contribution is -2.06. The zero-order chi connectivity index (χ0) is 33.7. The molecule has 2 aromatic carbocycles. The number of hydrogen-bond donors (Lipinski definition) is 4. The Bertz CT molecular complexity index is 1790. The molecule has 0 atom stereocenters. The van der Waals surface area contributed by atoms with E-state index in [1.165, 1.54) is 26.0 Å². The molecule has 4 N–H and O–H groups in total. The number of Topliss-reactive ketones (excluding diaryl/α,β-unsaturated/α-hetero) is 2. The van der Waals surface area contributed by atoms with Gasteiger partial charge in [0.15, 0.2) is 11.6 Å². The minimum Gasteiger partial charge on any atom is -0.478 e. The highest BCUT2D eigenvalue weighted by atomic mass is 32.1. The third-order valence-corrected chi connectivity index (χ3v) is 9.17. The van der Waals surface area contributed by atoms with E-state index in [9.17, 15) is 38.2 Å². The molecule has 0 saturated heterocycles. The second kappa shape index (κ2) is 14.6. The maximum absolute atomic E-state index is 14.0. The first-order valence-corrected chi connectivity index (χ1v) is 15.6. The average Bonchev–Trinajstić information content (AvgIpc) is 3.51. The van der Waals surface area contributed by atoms with Crippen LogP contribution in [0.1, 0.15) is 103 Å². The molecular formula is C33H34F2N2O6S2. The van der Waals surface area contributed by atoms with Crippen molar-refractivity contribution in [1.29, 1.82) is 0 Å². The first-order valence-electron chi connectivity index (χ1n) is 13.9. The van der Waals surface area contributed by atoms with Crippen molar-refractivity contribution in [2.24, 2.45) is 0 Å². The molecule has 0 unspecified atom stereocenters. The Morgan fingerprint density at radius 2 is 1.18 bits per heavy atom. The number of anilines is 4. The second-order valence-electron chi connectivity index (χ2n) is 10.6. The number of ketones is 2. The van der Waals surface area contributed by atoms with Crippen LogP contribution in [0.3, 0.4) is 0 Å². The number of aromatic carboxylic acids is 2. The topological polar surface area (TPSA) is 133 Å². The standard InChI is InChI=1S/C17H18FNO3S.C16H16FNO3S/c1-8(2)13-14(17(21)22)16(23-15(13)10(4)20)19-12-6-5-9(3)7-11(12)18;1-4-10-13(16(20)21)15(22-14(10)9(3)19)18-12-6-5-8(2)7-11(12)17/h5-8,19H,1-4H3,(H,21,22);5-7,18H,4H2,1-3H3,(H,20,21). The second-order valence-corrected chi connectivity index (χ2v) is 12.7. The monoisotopic (exact) mass is 656 g/mol. The van der Waals surface area contributed by atoms with Crippen LogP contribution < -0.4 is 10.6 Å². The van der Waals surface area contributed by atoms with E-state index in [0.29, 0.717) is 27.3 Å². The summed E-state index contributed by atoms with van der Waals surface area (Å²) in [5.74, 6) is -3.71. The van der Waals surface area contributed by atoms with E-state index in [1.54, 1.807) is 45.0 Å². The molecular weight excluding hydrogens is 623 g/mol. The molecule has 0 spiro atoms. The zero-order valence-corrected chi connectivity index (χ0v) is 27.5.